The number of nitrogens with one attached hydrogen (secondary N) is 1. The molecule has 0 spiro atoms. The van der Waals surface area contributed by atoms with Gasteiger partial charge < -0.3 is 9.73 Å². The zero-order valence-corrected chi connectivity index (χ0v) is 13.0. The third-order valence-corrected chi connectivity index (χ3v) is 4.99. The predicted molar refractivity (Wildman–Crippen MR) is 83.1 cm³/mol. The van der Waals surface area contributed by atoms with Crippen LogP contribution in [-0.2, 0) is 11.2 Å². The van der Waals surface area contributed by atoms with Gasteiger partial charge in [-0.1, -0.05) is 19.8 Å². The van der Waals surface area contributed by atoms with Crippen LogP contribution in [0, 0.1) is 5.92 Å². The smallest absolute Gasteiger partial charge is 0.226 e. The molecule has 0 aliphatic heterocycles. The molecule has 2 unspecified atom stereocenters. The normalized spacial score (nSPS) is 22.1. The number of amides is 1. The van der Waals surface area contributed by atoms with Crippen molar-refractivity contribution in [3.63, 3.8) is 0 Å². The largest absolute Gasteiger partial charge is 0.462 e. The van der Waals surface area contributed by atoms with Crippen molar-refractivity contribution in [2.45, 2.75) is 45.1 Å². The van der Waals surface area contributed by atoms with Crippen LogP contribution in [0.4, 0.5) is 0 Å². The van der Waals surface area contributed by atoms with Crippen molar-refractivity contribution in [2.75, 3.05) is 0 Å². The molecule has 0 radical (unpaired) electrons. The van der Waals surface area contributed by atoms with Crippen LogP contribution in [0.5, 0.6) is 0 Å². The molecule has 5 heteroatoms. The van der Waals surface area contributed by atoms with Gasteiger partial charge in [0.1, 0.15) is 0 Å². The molecule has 1 aliphatic carbocycles. The van der Waals surface area contributed by atoms with Crippen LogP contribution >= 0.6 is 11.3 Å². The van der Waals surface area contributed by atoms with Gasteiger partial charge in [-0.25, -0.2) is 4.98 Å². The minimum Gasteiger partial charge on any atom is -0.462 e. The fourth-order valence-electron chi connectivity index (χ4n) is 2.85. The molecule has 0 bridgehead atoms. The van der Waals surface area contributed by atoms with E-state index in [1.807, 2.05) is 17.5 Å². The summed E-state index contributed by atoms with van der Waals surface area (Å²) >= 11 is 1.51. The van der Waals surface area contributed by atoms with Crippen molar-refractivity contribution in [2.24, 2.45) is 5.92 Å². The van der Waals surface area contributed by atoms with Gasteiger partial charge in [0.05, 0.1) is 18.4 Å². The maximum atomic E-state index is 12.2. The number of carbonyl (C=O) groups is 1. The third kappa shape index (κ3) is 3.53. The van der Waals surface area contributed by atoms with Crippen LogP contribution in [0.15, 0.2) is 28.2 Å². The van der Waals surface area contributed by atoms with Crippen molar-refractivity contribution in [1.82, 2.24) is 10.3 Å². The highest BCUT2D eigenvalue weighted by Gasteiger charge is 2.23. The fourth-order valence-corrected chi connectivity index (χ4v) is 3.64. The molecule has 2 atom stereocenters. The van der Waals surface area contributed by atoms with Crippen LogP contribution in [0.1, 0.15) is 38.3 Å². The van der Waals surface area contributed by atoms with E-state index in [1.165, 1.54) is 30.6 Å². The summed E-state index contributed by atoms with van der Waals surface area (Å²) in [7, 11) is 0. The highest BCUT2D eigenvalue weighted by Crippen LogP contribution is 2.25. The maximum Gasteiger partial charge on any atom is 0.226 e. The van der Waals surface area contributed by atoms with Crippen molar-refractivity contribution in [3.05, 3.63) is 29.5 Å². The van der Waals surface area contributed by atoms with E-state index >= 15 is 0 Å². The Morgan fingerprint density at radius 2 is 2.33 bits per heavy atom. The van der Waals surface area contributed by atoms with Gasteiger partial charge in [-0.15, -0.1) is 11.3 Å². The Kier molecular flexibility index (Phi) is 4.39. The fraction of sp³-hybridized carbons (Fsp3) is 0.500. The Bertz CT molecular complexity index is 591. The second kappa shape index (κ2) is 6.43. The standard InChI is InChI=1S/C16H20N2O2S/c1-11-5-2-3-6-13(11)18-15(19)9-12-10-21-16(17-12)14-7-4-8-20-14/h4,7-8,10-11,13H,2-3,5-6,9H2,1H3,(H,18,19). The van der Waals surface area contributed by atoms with E-state index < -0.39 is 0 Å². The Labute approximate surface area is 128 Å². The SMILES string of the molecule is CC1CCCCC1NC(=O)Cc1csc(-c2ccco2)n1. The Morgan fingerprint density at radius 1 is 1.48 bits per heavy atom. The molecule has 3 rings (SSSR count). The van der Waals surface area contributed by atoms with Gasteiger partial charge in [0.25, 0.3) is 0 Å². The summed E-state index contributed by atoms with van der Waals surface area (Å²) in [5.41, 5.74) is 0.812. The second-order valence-corrected chi connectivity index (χ2v) is 6.59. The van der Waals surface area contributed by atoms with E-state index in [9.17, 15) is 4.79 Å². The summed E-state index contributed by atoms with van der Waals surface area (Å²) < 4.78 is 5.32. The van der Waals surface area contributed by atoms with Gasteiger partial charge in [-0.05, 0) is 30.9 Å². The van der Waals surface area contributed by atoms with Gasteiger partial charge in [-0.2, -0.15) is 0 Å². The summed E-state index contributed by atoms with van der Waals surface area (Å²) in [5, 5.41) is 5.92. The van der Waals surface area contributed by atoms with E-state index in [-0.39, 0.29) is 5.91 Å². The van der Waals surface area contributed by atoms with E-state index in [4.69, 9.17) is 4.42 Å². The molecule has 1 saturated carbocycles. The Hall–Kier alpha value is -1.62. The number of aromatic nitrogens is 1. The Morgan fingerprint density at radius 3 is 3.10 bits per heavy atom. The molecule has 21 heavy (non-hydrogen) atoms. The molecule has 4 nitrogen and oxygen atoms in total. The maximum absolute atomic E-state index is 12.2. The highest BCUT2D eigenvalue weighted by atomic mass is 32.1. The van der Waals surface area contributed by atoms with E-state index in [0.29, 0.717) is 18.4 Å². The molecule has 0 aromatic carbocycles. The van der Waals surface area contributed by atoms with Gasteiger partial charge in [0, 0.05) is 11.4 Å². The van der Waals surface area contributed by atoms with Crippen molar-refractivity contribution < 1.29 is 9.21 Å². The lowest BCUT2D eigenvalue weighted by Crippen LogP contribution is -2.41. The van der Waals surface area contributed by atoms with Crippen LogP contribution in [-0.4, -0.2) is 16.9 Å². The molecule has 112 valence electrons. The van der Waals surface area contributed by atoms with Crippen molar-refractivity contribution in [3.8, 4) is 10.8 Å². The minimum atomic E-state index is 0.0741. The molecule has 2 heterocycles. The monoisotopic (exact) mass is 304 g/mol. The molecular formula is C16H20N2O2S. The van der Waals surface area contributed by atoms with Gasteiger partial charge in [0.2, 0.25) is 5.91 Å². The summed E-state index contributed by atoms with van der Waals surface area (Å²) in [6, 6.07) is 4.05. The van der Waals surface area contributed by atoms with Crippen LogP contribution in [0.3, 0.4) is 0 Å². The first kappa shape index (κ1) is 14.3. The zero-order valence-electron chi connectivity index (χ0n) is 12.2. The van der Waals surface area contributed by atoms with Crippen molar-refractivity contribution >= 4 is 17.2 Å². The lowest BCUT2D eigenvalue weighted by Gasteiger charge is -2.29. The minimum absolute atomic E-state index is 0.0741. The topological polar surface area (TPSA) is 55.1 Å². The number of thiazole rings is 1. The van der Waals surface area contributed by atoms with Crippen LogP contribution < -0.4 is 5.32 Å². The first-order chi connectivity index (χ1) is 10.2. The molecule has 1 amide bonds. The molecule has 1 N–H and O–H groups in total. The summed E-state index contributed by atoms with van der Waals surface area (Å²) in [5.74, 6) is 1.41. The second-order valence-electron chi connectivity index (χ2n) is 5.73. The van der Waals surface area contributed by atoms with Crippen molar-refractivity contribution in [1.29, 1.82) is 0 Å². The van der Waals surface area contributed by atoms with E-state index in [2.05, 4.69) is 17.2 Å². The van der Waals surface area contributed by atoms with Gasteiger partial charge in [-0.3, -0.25) is 4.79 Å². The van der Waals surface area contributed by atoms with Gasteiger partial charge >= 0.3 is 0 Å². The molecular weight excluding hydrogens is 284 g/mol. The lowest BCUT2D eigenvalue weighted by atomic mass is 9.86. The number of furan rings is 1. The van der Waals surface area contributed by atoms with E-state index in [1.54, 1.807) is 6.26 Å². The summed E-state index contributed by atoms with van der Waals surface area (Å²) in [4.78, 5) is 16.6. The average molecular weight is 304 g/mol. The Balaban J connectivity index is 1.57. The summed E-state index contributed by atoms with van der Waals surface area (Å²) in [6.45, 7) is 2.22. The van der Waals surface area contributed by atoms with Crippen LogP contribution in [0.2, 0.25) is 0 Å². The van der Waals surface area contributed by atoms with E-state index in [0.717, 1.165) is 22.9 Å². The first-order valence-corrected chi connectivity index (χ1v) is 8.38. The number of nitrogens with zero attached hydrogens (tertiary/aromatic N) is 1. The highest BCUT2D eigenvalue weighted by molar-refractivity contribution is 7.13. The first-order valence-electron chi connectivity index (χ1n) is 7.50. The lowest BCUT2D eigenvalue weighted by molar-refractivity contribution is -0.121. The van der Waals surface area contributed by atoms with Crippen LogP contribution in [0.25, 0.3) is 10.8 Å². The molecule has 1 fully saturated rings. The number of rotatable bonds is 4. The molecule has 2 aromatic rings. The quantitative estimate of drug-likeness (QED) is 0.938. The number of hydrogen-bond acceptors (Lipinski definition) is 4. The van der Waals surface area contributed by atoms with Gasteiger partial charge in [0.15, 0.2) is 10.8 Å². The summed E-state index contributed by atoms with van der Waals surface area (Å²) in [6.07, 6.45) is 6.79. The zero-order chi connectivity index (χ0) is 14.7. The average Bonchev–Trinajstić information content (AvgIpc) is 3.12. The predicted octanol–water partition coefficient (Wildman–Crippen LogP) is 3.64. The third-order valence-electron chi connectivity index (χ3n) is 4.08. The molecule has 2 aromatic heterocycles. The molecule has 1 aliphatic rings. The number of hydrogen-bond donors (Lipinski definition) is 1. The molecule has 0 saturated heterocycles. The number of carbonyl (C=O) groups excluding carboxylic acids is 1.